The molecule has 0 aliphatic heterocycles. The number of pyridine rings is 1. The quantitative estimate of drug-likeness (QED) is 0.838. The van der Waals surface area contributed by atoms with Gasteiger partial charge in [-0.2, -0.15) is 0 Å². The molecule has 1 rings (SSSR count). The number of aromatic nitrogens is 1. The van der Waals surface area contributed by atoms with Crippen molar-refractivity contribution in [1.82, 2.24) is 4.98 Å². The first-order valence-corrected chi connectivity index (χ1v) is 6.46. The fourth-order valence-electron chi connectivity index (χ4n) is 1.64. The predicted octanol–water partition coefficient (Wildman–Crippen LogP) is 2.87. The molecule has 0 aliphatic rings. The molecule has 0 saturated heterocycles. The van der Waals surface area contributed by atoms with Gasteiger partial charge in [0.05, 0.1) is 11.6 Å². The van der Waals surface area contributed by atoms with E-state index in [1.807, 2.05) is 20.8 Å². The summed E-state index contributed by atoms with van der Waals surface area (Å²) in [6, 6.07) is 1.65. The first kappa shape index (κ1) is 15.2. The summed E-state index contributed by atoms with van der Waals surface area (Å²) in [6.45, 7) is 6.00. The average molecular weight is 290 g/mol. The van der Waals surface area contributed by atoms with Gasteiger partial charge in [0.1, 0.15) is 5.15 Å². The predicted molar refractivity (Wildman–Crippen MR) is 75.0 cm³/mol. The van der Waals surface area contributed by atoms with Crippen LogP contribution in [0.1, 0.15) is 19.4 Å². The van der Waals surface area contributed by atoms with Crippen LogP contribution in [0.25, 0.3) is 0 Å². The van der Waals surface area contributed by atoms with Crippen LogP contribution in [-0.2, 0) is 4.79 Å². The molecule has 0 radical (unpaired) electrons. The Morgan fingerprint density at radius 2 is 2.11 bits per heavy atom. The molecule has 100 valence electrons. The lowest BCUT2D eigenvalue weighted by molar-refractivity contribution is -0.120. The standard InChI is InChI=1S/C12H17Cl2N3O/c1-6(2)8(5-15)12(18)17-10-7(3)4-9(13)16-11(10)14/h4,6,8H,5,15H2,1-3H3,(H,17,18). The van der Waals surface area contributed by atoms with E-state index >= 15 is 0 Å². The Balaban J connectivity index is 2.95. The van der Waals surface area contributed by atoms with Crippen LogP contribution >= 0.6 is 23.2 Å². The number of halogens is 2. The van der Waals surface area contributed by atoms with Gasteiger partial charge in [0.15, 0.2) is 5.15 Å². The maximum Gasteiger partial charge on any atom is 0.229 e. The molecule has 1 aromatic rings. The maximum atomic E-state index is 12.1. The molecule has 1 unspecified atom stereocenters. The second-order valence-electron chi connectivity index (χ2n) is 4.50. The average Bonchev–Trinajstić information content (AvgIpc) is 2.23. The van der Waals surface area contributed by atoms with Gasteiger partial charge in [-0.25, -0.2) is 4.98 Å². The summed E-state index contributed by atoms with van der Waals surface area (Å²) in [7, 11) is 0. The minimum Gasteiger partial charge on any atom is -0.330 e. The summed E-state index contributed by atoms with van der Waals surface area (Å²) in [4.78, 5) is 16.0. The molecule has 3 N–H and O–H groups in total. The van der Waals surface area contributed by atoms with E-state index in [0.29, 0.717) is 17.4 Å². The number of carbonyl (C=O) groups is 1. The lowest BCUT2D eigenvalue weighted by Gasteiger charge is -2.19. The number of nitrogens with zero attached hydrogens (tertiary/aromatic N) is 1. The molecule has 1 aromatic heterocycles. The fraction of sp³-hybridized carbons (Fsp3) is 0.500. The number of hydrogen-bond acceptors (Lipinski definition) is 3. The maximum absolute atomic E-state index is 12.1. The van der Waals surface area contributed by atoms with E-state index in [9.17, 15) is 4.79 Å². The van der Waals surface area contributed by atoms with Crippen LogP contribution in [0, 0.1) is 18.8 Å². The van der Waals surface area contributed by atoms with Gasteiger partial charge in [-0.1, -0.05) is 37.0 Å². The van der Waals surface area contributed by atoms with Crippen molar-refractivity contribution in [1.29, 1.82) is 0 Å². The van der Waals surface area contributed by atoms with Gasteiger partial charge in [-0.05, 0) is 24.5 Å². The molecule has 0 aliphatic carbocycles. The minimum absolute atomic E-state index is 0.151. The molecule has 1 heterocycles. The number of nitrogens with two attached hydrogens (primary N) is 1. The van der Waals surface area contributed by atoms with Crippen molar-refractivity contribution in [3.05, 3.63) is 21.9 Å². The number of hydrogen-bond donors (Lipinski definition) is 2. The van der Waals surface area contributed by atoms with E-state index in [0.717, 1.165) is 5.56 Å². The highest BCUT2D eigenvalue weighted by Crippen LogP contribution is 2.27. The number of rotatable bonds is 4. The van der Waals surface area contributed by atoms with Crippen molar-refractivity contribution in [2.75, 3.05) is 11.9 Å². The Morgan fingerprint density at radius 1 is 1.50 bits per heavy atom. The van der Waals surface area contributed by atoms with Crippen LogP contribution in [0.15, 0.2) is 6.07 Å². The first-order valence-electron chi connectivity index (χ1n) is 5.70. The summed E-state index contributed by atoms with van der Waals surface area (Å²) in [6.07, 6.45) is 0. The van der Waals surface area contributed by atoms with Crippen molar-refractivity contribution in [2.24, 2.45) is 17.6 Å². The second kappa shape index (κ2) is 6.36. The monoisotopic (exact) mass is 289 g/mol. The number of aryl methyl sites for hydroxylation is 1. The van der Waals surface area contributed by atoms with Crippen molar-refractivity contribution in [3.8, 4) is 0 Å². The van der Waals surface area contributed by atoms with Gasteiger partial charge in [0.25, 0.3) is 0 Å². The van der Waals surface area contributed by atoms with E-state index in [1.54, 1.807) is 6.07 Å². The molecule has 1 amide bonds. The SMILES string of the molecule is Cc1cc(Cl)nc(Cl)c1NC(=O)C(CN)C(C)C. The third-order valence-electron chi connectivity index (χ3n) is 2.78. The largest absolute Gasteiger partial charge is 0.330 e. The summed E-state index contributed by atoms with van der Waals surface area (Å²) in [5, 5.41) is 3.25. The number of nitrogens with one attached hydrogen (secondary N) is 1. The summed E-state index contributed by atoms with van der Waals surface area (Å²) in [5.74, 6) is -0.243. The molecule has 4 nitrogen and oxygen atoms in total. The van der Waals surface area contributed by atoms with Crippen LogP contribution in [0.2, 0.25) is 10.3 Å². The number of anilines is 1. The summed E-state index contributed by atoms with van der Waals surface area (Å²) in [5.41, 5.74) is 6.86. The smallest absolute Gasteiger partial charge is 0.229 e. The van der Waals surface area contributed by atoms with Crippen molar-refractivity contribution >= 4 is 34.8 Å². The Labute approximate surface area is 117 Å². The van der Waals surface area contributed by atoms with Crippen LogP contribution in [0.3, 0.4) is 0 Å². The van der Waals surface area contributed by atoms with Gasteiger partial charge < -0.3 is 11.1 Å². The third kappa shape index (κ3) is 3.57. The van der Waals surface area contributed by atoms with E-state index in [2.05, 4.69) is 10.3 Å². The van der Waals surface area contributed by atoms with Crippen molar-refractivity contribution in [2.45, 2.75) is 20.8 Å². The van der Waals surface area contributed by atoms with Crippen LogP contribution < -0.4 is 11.1 Å². The van der Waals surface area contributed by atoms with Crippen LogP contribution in [-0.4, -0.2) is 17.4 Å². The molecular formula is C12H17Cl2N3O. The molecule has 0 aromatic carbocycles. The van der Waals surface area contributed by atoms with E-state index in [1.165, 1.54) is 0 Å². The molecule has 0 fully saturated rings. The van der Waals surface area contributed by atoms with Gasteiger partial charge in [0, 0.05) is 6.54 Å². The fourth-order valence-corrected chi connectivity index (χ4v) is 2.22. The van der Waals surface area contributed by atoms with E-state index in [-0.39, 0.29) is 22.9 Å². The minimum atomic E-state index is -0.254. The Bertz CT molecular complexity index is 426. The first-order chi connectivity index (χ1) is 8.36. The Morgan fingerprint density at radius 3 is 2.56 bits per heavy atom. The lowest BCUT2D eigenvalue weighted by atomic mass is 9.95. The molecule has 0 saturated carbocycles. The summed E-state index contributed by atoms with van der Waals surface area (Å²) < 4.78 is 0. The highest BCUT2D eigenvalue weighted by molar-refractivity contribution is 6.34. The molecule has 1 atom stereocenters. The lowest BCUT2D eigenvalue weighted by Crippen LogP contribution is -2.33. The highest BCUT2D eigenvalue weighted by Gasteiger charge is 2.22. The van der Waals surface area contributed by atoms with Gasteiger partial charge in [-0.3, -0.25) is 4.79 Å². The van der Waals surface area contributed by atoms with Gasteiger partial charge in [0.2, 0.25) is 5.91 Å². The van der Waals surface area contributed by atoms with Crippen LogP contribution in [0.4, 0.5) is 5.69 Å². The molecule has 0 spiro atoms. The Hall–Kier alpha value is -0.840. The third-order valence-corrected chi connectivity index (χ3v) is 3.25. The second-order valence-corrected chi connectivity index (χ2v) is 5.25. The van der Waals surface area contributed by atoms with Crippen molar-refractivity contribution < 1.29 is 4.79 Å². The zero-order valence-electron chi connectivity index (χ0n) is 10.6. The normalized spacial score (nSPS) is 12.6. The van der Waals surface area contributed by atoms with Crippen LogP contribution in [0.5, 0.6) is 0 Å². The number of amides is 1. The molecule has 0 bridgehead atoms. The topological polar surface area (TPSA) is 68.0 Å². The highest BCUT2D eigenvalue weighted by atomic mass is 35.5. The van der Waals surface area contributed by atoms with E-state index in [4.69, 9.17) is 28.9 Å². The Kier molecular flexibility index (Phi) is 5.38. The van der Waals surface area contributed by atoms with Gasteiger partial charge in [-0.15, -0.1) is 0 Å². The van der Waals surface area contributed by atoms with Gasteiger partial charge >= 0.3 is 0 Å². The van der Waals surface area contributed by atoms with E-state index < -0.39 is 0 Å². The van der Waals surface area contributed by atoms with Crippen molar-refractivity contribution in [3.63, 3.8) is 0 Å². The molecular weight excluding hydrogens is 273 g/mol. The zero-order valence-corrected chi connectivity index (χ0v) is 12.1. The zero-order chi connectivity index (χ0) is 13.9. The molecule has 18 heavy (non-hydrogen) atoms. The number of carbonyl (C=O) groups excluding carboxylic acids is 1. The summed E-state index contributed by atoms with van der Waals surface area (Å²) >= 11 is 11.7. The molecule has 6 heteroatoms.